The van der Waals surface area contributed by atoms with Gasteiger partial charge in [-0.3, -0.25) is 4.57 Å². The lowest BCUT2D eigenvalue weighted by Gasteiger charge is -2.13. The normalized spacial score (nSPS) is 14.9. The molecule has 1 heterocycles. The van der Waals surface area contributed by atoms with Gasteiger partial charge in [-0.2, -0.15) is 8.42 Å². The van der Waals surface area contributed by atoms with Gasteiger partial charge in [0.2, 0.25) is 10.3 Å². The van der Waals surface area contributed by atoms with Crippen LogP contribution in [0.15, 0.2) is 59.9 Å². The zero-order valence-corrected chi connectivity index (χ0v) is 13.5. The Labute approximate surface area is 138 Å². The second kappa shape index (κ2) is 5.37. The third kappa shape index (κ3) is 2.29. The largest absolute Gasteiger partial charge is 0.297 e. The van der Waals surface area contributed by atoms with Gasteiger partial charge in [-0.1, -0.05) is 41.9 Å². The quantitative estimate of drug-likeness (QED) is 0.635. The van der Waals surface area contributed by atoms with E-state index in [1.165, 1.54) is 0 Å². The Morgan fingerprint density at radius 2 is 1.91 bits per heavy atom. The molecule has 114 valence electrons. The van der Waals surface area contributed by atoms with Gasteiger partial charge in [-0.15, -0.1) is 0 Å². The molecule has 0 unspecified atom stereocenters. The number of hydrogen-bond acceptors (Lipinski definition) is 3. The van der Waals surface area contributed by atoms with Gasteiger partial charge in [-0.05, 0) is 23.6 Å². The molecular formula is C17H11ClN2O2S. The summed E-state index contributed by atoms with van der Waals surface area (Å²) < 4.78 is 24.1. The molecule has 23 heavy (non-hydrogen) atoms. The molecule has 0 atom stereocenters. The van der Waals surface area contributed by atoms with Crippen molar-refractivity contribution in [2.75, 3.05) is 0 Å². The van der Waals surface area contributed by atoms with Crippen LogP contribution in [-0.2, 0) is 10.3 Å². The number of hydrogen-bond donors (Lipinski definition) is 0. The second-order valence-electron chi connectivity index (χ2n) is 5.27. The van der Waals surface area contributed by atoms with Crippen LogP contribution in [-0.4, -0.2) is 22.8 Å². The summed E-state index contributed by atoms with van der Waals surface area (Å²) in [7, 11) is -2.25. The van der Waals surface area contributed by atoms with Gasteiger partial charge in [-0.25, -0.2) is 4.98 Å². The van der Waals surface area contributed by atoms with Gasteiger partial charge in [0.25, 0.3) is 0 Å². The maximum absolute atomic E-state index is 11.1. The fourth-order valence-corrected chi connectivity index (χ4v) is 3.67. The van der Waals surface area contributed by atoms with Gasteiger partial charge in [0.15, 0.2) is 0 Å². The highest BCUT2D eigenvalue weighted by Crippen LogP contribution is 2.31. The minimum Gasteiger partial charge on any atom is -0.297 e. The third-order valence-electron chi connectivity index (χ3n) is 3.94. The molecular weight excluding hydrogens is 332 g/mol. The standard InChI is InChI=1S/C17H11ClN2O2S/c18-14-9-12(23(21)22)6-8-16(14)20-10-19-15-7-5-11-3-1-2-4-13(11)17(15)20/h1-8,10H,9H2. The molecule has 0 N–H and O–H groups in total. The molecule has 0 fully saturated rings. The molecule has 0 spiro atoms. The monoisotopic (exact) mass is 342 g/mol. The summed E-state index contributed by atoms with van der Waals surface area (Å²) in [4.78, 5) is 4.73. The first-order valence-electron chi connectivity index (χ1n) is 7.02. The van der Waals surface area contributed by atoms with Crippen LogP contribution in [0.3, 0.4) is 0 Å². The van der Waals surface area contributed by atoms with Crippen molar-refractivity contribution < 1.29 is 8.42 Å². The van der Waals surface area contributed by atoms with Crippen LogP contribution in [0.4, 0.5) is 0 Å². The van der Waals surface area contributed by atoms with E-state index in [0.29, 0.717) is 5.03 Å². The lowest BCUT2D eigenvalue weighted by Crippen LogP contribution is -2.06. The summed E-state index contributed by atoms with van der Waals surface area (Å²) in [5, 5.41) is 2.68. The van der Waals surface area contributed by atoms with Crippen molar-refractivity contribution in [1.82, 2.24) is 9.55 Å². The van der Waals surface area contributed by atoms with E-state index >= 15 is 0 Å². The molecule has 1 aliphatic carbocycles. The number of fused-ring (bicyclic) bond motifs is 3. The number of imidazole rings is 1. The SMILES string of the molecule is O=S(=O)=C1C=CC(n2cnc3ccc4ccccc4c32)=C(Cl)C1. The first-order chi connectivity index (χ1) is 11.1. The van der Waals surface area contributed by atoms with E-state index in [-0.39, 0.29) is 11.3 Å². The lowest BCUT2D eigenvalue weighted by molar-refractivity contribution is 0.627. The molecule has 0 radical (unpaired) electrons. The van der Waals surface area contributed by atoms with E-state index < -0.39 is 10.3 Å². The Hall–Kier alpha value is -2.37. The molecule has 3 aromatic rings. The zero-order valence-electron chi connectivity index (χ0n) is 11.9. The number of halogens is 1. The van der Waals surface area contributed by atoms with Crippen LogP contribution in [0.2, 0.25) is 0 Å². The second-order valence-corrected chi connectivity index (χ2v) is 6.72. The Balaban J connectivity index is 2.01. The minimum atomic E-state index is -2.25. The fourth-order valence-electron chi connectivity index (χ4n) is 2.85. The number of rotatable bonds is 1. The number of aromatic nitrogens is 2. The van der Waals surface area contributed by atoms with Crippen molar-refractivity contribution in [2.45, 2.75) is 6.42 Å². The molecule has 0 saturated carbocycles. The molecule has 1 aliphatic rings. The van der Waals surface area contributed by atoms with E-state index in [2.05, 4.69) is 4.98 Å². The smallest absolute Gasteiger partial charge is 0.217 e. The molecule has 2 aromatic carbocycles. The molecule has 6 heteroatoms. The van der Waals surface area contributed by atoms with Crippen molar-refractivity contribution in [3.8, 4) is 0 Å². The van der Waals surface area contributed by atoms with Crippen molar-refractivity contribution in [1.29, 1.82) is 0 Å². The summed E-state index contributed by atoms with van der Waals surface area (Å²) in [6.07, 6.45) is 5.23. The predicted octanol–water partition coefficient (Wildman–Crippen LogP) is 3.61. The molecule has 0 bridgehead atoms. The minimum absolute atomic E-state index is 0.202. The summed E-state index contributed by atoms with van der Waals surface area (Å²) in [6.45, 7) is 0. The topological polar surface area (TPSA) is 52.0 Å². The zero-order chi connectivity index (χ0) is 16.0. The molecule has 1 aromatic heterocycles. The van der Waals surface area contributed by atoms with Crippen LogP contribution in [0.1, 0.15) is 6.42 Å². The first kappa shape index (κ1) is 14.2. The average molecular weight is 343 g/mol. The van der Waals surface area contributed by atoms with Crippen molar-refractivity contribution in [3.63, 3.8) is 0 Å². The highest BCUT2D eigenvalue weighted by atomic mass is 35.5. The van der Waals surface area contributed by atoms with Gasteiger partial charge in [0, 0.05) is 16.8 Å². The highest BCUT2D eigenvalue weighted by molar-refractivity contribution is 7.73. The summed E-state index contributed by atoms with van der Waals surface area (Å²) >= 11 is 6.35. The maximum Gasteiger partial charge on any atom is 0.217 e. The van der Waals surface area contributed by atoms with Gasteiger partial charge >= 0.3 is 0 Å². The van der Waals surface area contributed by atoms with Crippen LogP contribution < -0.4 is 0 Å². The average Bonchev–Trinajstić information content (AvgIpc) is 2.99. The first-order valence-corrected chi connectivity index (χ1v) is 8.47. The molecule has 4 rings (SSSR count). The van der Waals surface area contributed by atoms with Crippen molar-refractivity contribution in [3.05, 3.63) is 59.9 Å². The maximum atomic E-state index is 11.1. The summed E-state index contributed by atoms with van der Waals surface area (Å²) in [6, 6.07) is 12.1. The van der Waals surface area contributed by atoms with Crippen LogP contribution in [0.5, 0.6) is 0 Å². The number of allylic oxidation sites excluding steroid dienone is 4. The molecule has 4 nitrogen and oxygen atoms in total. The number of benzene rings is 2. The molecule has 0 saturated heterocycles. The Morgan fingerprint density at radius 1 is 1.09 bits per heavy atom. The van der Waals surface area contributed by atoms with E-state index in [1.807, 2.05) is 41.0 Å². The van der Waals surface area contributed by atoms with E-state index in [9.17, 15) is 8.42 Å². The van der Waals surface area contributed by atoms with Gasteiger partial charge in [0.05, 0.1) is 21.6 Å². The highest BCUT2D eigenvalue weighted by Gasteiger charge is 2.16. The van der Waals surface area contributed by atoms with Crippen LogP contribution >= 0.6 is 11.6 Å². The lowest BCUT2D eigenvalue weighted by atomic mass is 10.1. The Morgan fingerprint density at radius 3 is 2.70 bits per heavy atom. The third-order valence-corrected chi connectivity index (χ3v) is 4.98. The van der Waals surface area contributed by atoms with Crippen LogP contribution in [0.25, 0.3) is 27.5 Å². The van der Waals surface area contributed by atoms with Crippen molar-refractivity contribution in [2.24, 2.45) is 0 Å². The molecule has 0 aliphatic heterocycles. The molecule has 0 amide bonds. The van der Waals surface area contributed by atoms with E-state index in [0.717, 1.165) is 27.5 Å². The van der Waals surface area contributed by atoms with Crippen molar-refractivity contribution >= 4 is 54.3 Å². The summed E-state index contributed by atoms with van der Waals surface area (Å²) in [5.41, 5.74) is 2.59. The summed E-state index contributed by atoms with van der Waals surface area (Å²) in [5.74, 6) is 0. The number of nitrogens with zero attached hydrogens (tertiary/aromatic N) is 2. The predicted molar refractivity (Wildman–Crippen MR) is 94.0 cm³/mol. The van der Waals surface area contributed by atoms with Gasteiger partial charge < -0.3 is 0 Å². The van der Waals surface area contributed by atoms with Crippen LogP contribution in [0, 0.1) is 0 Å². The van der Waals surface area contributed by atoms with E-state index in [4.69, 9.17) is 11.6 Å². The van der Waals surface area contributed by atoms with Gasteiger partial charge in [0.1, 0.15) is 6.33 Å². The van der Waals surface area contributed by atoms with E-state index in [1.54, 1.807) is 18.5 Å². The fraction of sp³-hybridized carbons (Fsp3) is 0.0588. The Bertz CT molecular complexity index is 1150. The Kier molecular flexibility index (Phi) is 3.32.